The zero-order chi connectivity index (χ0) is 8.69. The van der Waals surface area contributed by atoms with Crippen LogP contribution in [0.3, 0.4) is 0 Å². The average Bonchev–Trinajstić information content (AvgIpc) is 1.85. The fourth-order valence-corrected chi connectivity index (χ4v) is 1.00. The summed E-state index contributed by atoms with van der Waals surface area (Å²) in [6.45, 7) is 0. The molecule has 0 saturated heterocycles. The summed E-state index contributed by atoms with van der Waals surface area (Å²) in [4.78, 5) is 0. The summed E-state index contributed by atoms with van der Waals surface area (Å²) in [5.74, 6) is -0.581. The molecule has 4 nitrogen and oxygen atoms in total. The number of rotatable bonds is 4. The fraction of sp³-hybridized carbons (Fsp3) is 0.333. The van der Waals surface area contributed by atoms with E-state index >= 15 is 0 Å². The van der Waals surface area contributed by atoms with Crippen LogP contribution in [0.25, 0.3) is 0 Å². The summed E-state index contributed by atoms with van der Waals surface area (Å²) >= 11 is 1.32. The van der Waals surface area contributed by atoms with Gasteiger partial charge in [-0.1, -0.05) is 0 Å². The minimum absolute atomic E-state index is 0.423. The number of aliphatic hydroxyl groups excluding tert-OH is 2. The smallest absolute Gasteiger partial charge is 0.270 e. The molecule has 0 aromatic heterocycles. The van der Waals surface area contributed by atoms with E-state index in [-0.39, 0.29) is 0 Å². The molecule has 0 aromatic rings. The molecule has 0 amide bonds. The molecule has 0 aromatic carbocycles. The van der Waals surface area contributed by atoms with Crippen LogP contribution < -0.4 is 0 Å². The highest BCUT2D eigenvalue weighted by Crippen LogP contribution is 2.01. The van der Waals surface area contributed by atoms with Crippen molar-refractivity contribution in [2.24, 2.45) is 0 Å². The van der Waals surface area contributed by atoms with Crippen LogP contribution in [-0.2, 0) is 0 Å². The van der Waals surface area contributed by atoms with E-state index in [4.69, 9.17) is 20.4 Å². The van der Waals surface area contributed by atoms with Crippen LogP contribution in [0, 0.1) is 0 Å². The van der Waals surface area contributed by atoms with Crippen LogP contribution >= 0.6 is 11.8 Å². The van der Waals surface area contributed by atoms with Gasteiger partial charge in [-0.25, -0.2) is 0 Å². The molecular weight excluding hydrogens is 168 g/mol. The molecule has 0 heterocycles. The van der Waals surface area contributed by atoms with Gasteiger partial charge in [-0.05, 0) is 0 Å². The highest BCUT2D eigenvalue weighted by Gasteiger charge is 1.87. The molecule has 4 N–H and O–H groups in total. The number of thioether (sulfide) groups is 1. The van der Waals surface area contributed by atoms with Crippen LogP contribution in [0.15, 0.2) is 24.0 Å². The van der Waals surface area contributed by atoms with Gasteiger partial charge in [0.05, 0.1) is 0 Å². The lowest BCUT2D eigenvalue weighted by atomic mass is 10.7. The maximum absolute atomic E-state index is 8.25. The van der Waals surface area contributed by atoms with Gasteiger partial charge in [0.25, 0.3) is 11.9 Å². The van der Waals surface area contributed by atoms with E-state index in [1.54, 1.807) is 0 Å². The molecule has 0 saturated carbocycles. The monoisotopic (exact) mass is 178 g/mol. The van der Waals surface area contributed by atoms with Crippen molar-refractivity contribution in [3.05, 3.63) is 24.0 Å². The Kier molecular flexibility index (Phi) is 5.28. The highest BCUT2D eigenvalue weighted by atomic mass is 32.2. The molecule has 0 spiro atoms. The summed E-state index contributed by atoms with van der Waals surface area (Å²) < 4.78 is 0. The molecule has 0 fully saturated rings. The topological polar surface area (TPSA) is 80.9 Å². The van der Waals surface area contributed by atoms with Crippen LogP contribution in [0.5, 0.6) is 0 Å². The second-order valence-electron chi connectivity index (χ2n) is 1.66. The van der Waals surface area contributed by atoms with Gasteiger partial charge in [0, 0.05) is 23.7 Å². The van der Waals surface area contributed by atoms with E-state index in [1.807, 2.05) is 0 Å². The highest BCUT2D eigenvalue weighted by molar-refractivity contribution is 7.99. The summed E-state index contributed by atoms with van der Waals surface area (Å²) in [5.41, 5.74) is 0. The van der Waals surface area contributed by atoms with Crippen molar-refractivity contribution in [3.8, 4) is 0 Å². The maximum Gasteiger partial charge on any atom is 0.270 e. The largest absolute Gasteiger partial charge is 0.481 e. The van der Waals surface area contributed by atoms with Crippen molar-refractivity contribution >= 4 is 11.8 Å². The van der Waals surface area contributed by atoms with E-state index in [0.717, 1.165) is 0 Å². The Morgan fingerprint density at radius 2 is 1.27 bits per heavy atom. The Hall–Kier alpha value is -0.970. The van der Waals surface area contributed by atoms with Gasteiger partial charge in [0.15, 0.2) is 0 Å². The van der Waals surface area contributed by atoms with Crippen LogP contribution in [-0.4, -0.2) is 31.9 Å². The Morgan fingerprint density at radius 3 is 1.55 bits per heavy atom. The van der Waals surface area contributed by atoms with Crippen LogP contribution in [0.2, 0.25) is 0 Å². The predicted molar refractivity (Wildman–Crippen MR) is 44.0 cm³/mol. The van der Waals surface area contributed by atoms with Gasteiger partial charge in [0.1, 0.15) is 0 Å². The van der Waals surface area contributed by atoms with Crippen molar-refractivity contribution in [1.82, 2.24) is 0 Å². The number of hydrogen-bond donors (Lipinski definition) is 4. The first-order chi connectivity index (χ1) is 5.13. The van der Waals surface area contributed by atoms with Crippen molar-refractivity contribution < 1.29 is 20.4 Å². The second kappa shape index (κ2) is 5.79. The van der Waals surface area contributed by atoms with Crippen molar-refractivity contribution in [2.45, 2.75) is 0 Å². The summed E-state index contributed by atoms with van der Waals surface area (Å²) in [6, 6.07) is 0. The van der Waals surface area contributed by atoms with E-state index in [9.17, 15) is 0 Å². The van der Waals surface area contributed by atoms with E-state index in [2.05, 4.69) is 0 Å². The first-order valence-corrected chi connectivity index (χ1v) is 4.02. The lowest BCUT2D eigenvalue weighted by molar-refractivity contribution is 0.190. The van der Waals surface area contributed by atoms with Gasteiger partial charge in [0.2, 0.25) is 0 Å². The third-order valence-corrected chi connectivity index (χ3v) is 1.57. The molecule has 0 radical (unpaired) electrons. The predicted octanol–water partition coefficient (Wildman–Crippen LogP) is 1.63. The SMILES string of the molecule is OC(O)=CCSCC=C(O)O. The summed E-state index contributed by atoms with van der Waals surface area (Å²) in [6.07, 6.45) is 2.43. The van der Waals surface area contributed by atoms with E-state index < -0.39 is 11.9 Å². The molecule has 0 unspecified atom stereocenters. The quantitative estimate of drug-likeness (QED) is 0.388. The van der Waals surface area contributed by atoms with Gasteiger partial charge < -0.3 is 20.4 Å². The molecule has 11 heavy (non-hydrogen) atoms. The molecule has 0 aliphatic heterocycles. The lowest BCUT2D eigenvalue weighted by Crippen LogP contribution is -1.82. The van der Waals surface area contributed by atoms with Gasteiger partial charge in [-0.2, -0.15) is 11.8 Å². The third-order valence-electron chi connectivity index (χ3n) is 0.768. The molecule has 64 valence electrons. The molecular formula is C6H10O4S. The molecule has 0 aliphatic carbocycles. The normalized spacial score (nSPS) is 8.73. The Labute approximate surface area is 68.5 Å². The van der Waals surface area contributed by atoms with Crippen molar-refractivity contribution in [3.63, 3.8) is 0 Å². The van der Waals surface area contributed by atoms with Crippen LogP contribution in [0.4, 0.5) is 0 Å². The standard InChI is InChI=1S/C6H10O4S/c7-5(8)1-3-11-4-2-6(9)10/h1-2,7-10H,3-4H2. The van der Waals surface area contributed by atoms with Crippen LogP contribution in [0.1, 0.15) is 0 Å². The molecule has 0 aliphatic rings. The Balaban J connectivity index is 3.29. The minimum atomic E-state index is -0.713. The number of hydrogen-bond acceptors (Lipinski definition) is 5. The Bertz CT molecular complexity index is 138. The maximum atomic E-state index is 8.25. The molecule has 0 bridgehead atoms. The number of aliphatic hydroxyl groups is 4. The first-order valence-electron chi connectivity index (χ1n) is 2.87. The van der Waals surface area contributed by atoms with Gasteiger partial charge in [-0.3, -0.25) is 0 Å². The Morgan fingerprint density at radius 1 is 0.909 bits per heavy atom. The minimum Gasteiger partial charge on any atom is -0.481 e. The molecule has 5 heteroatoms. The third kappa shape index (κ3) is 9.03. The lowest BCUT2D eigenvalue weighted by Gasteiger charge is -1.91. The van der Waals surface area contributed by atoms with E-state index in [0.29, 0.717) is 11.5 Å². The van der Waals surface area contributed by atoms with Crippen molar-refractivity contribution in [1.29, 1.82) is 0 Å². The van der Waals surface area contributed by atoms with E-state index in [1.165, 1.54) is 23.9 Å². The summed E-state index contributed by atoms with van der Waals surface area (Å²) in [5, 5.41) is 33.0. The second-order valence-corrected chi connectivity index (χ2v) is 2.74. The zero-order valence-corrected chi connectivity index (χ0v) is 6.58. The average molecular weight is 178 g/mol. The summed E-state index contributed by atoms with van der Waals surface area (Å²) in [7, 11) is 0. The van der Waals surface area contributed by atoms with Crippen molar-refractivity contribution in [2.75, 3.05) is 11.5 Å². The van der Waals surface area contributed by atoms with Gasteiger partial charge >= 0.3 is 0 Å². The zero-order valence-electron chi connectivity index (χ0n) is 5.77. The van der Waals surface area contributed by atoms with Gasteiger partial charge in [-0.15, -0.1) is 0 Å². The first kappa shape index (κ1) is 10.0. The molecule has 0 rings (SSSR count). The molecule has 0 atom stereocenters. The fourth-order valence-electron chi connectivity index (χ4n) is 0.335.